The van der Waals surface area contributed by atoms with Crippen molar-refractivity contribution in [3.63, 3.8) is 0 Å². The van der Waals surface area contributed by atoms with Gasteiger partial charge in [0.2, 0.25) is 12.7 Å². The van der Waals surface area contributed by atoms with Crippen LogP contribution in [0.25, 0.3) is 20.8 Å². The molecule has 3 aliphatic rings. The highest BCUT2D eigenvalue weighted by Crippen LogP contribution is 2.36. The number of thiazole rings is 1. The number of piperidine rings is 1. The molecular weight excluding hydrogens is 502 g/mol. The maximum absolute atomic E-state index is 13.6. The van der Waals surface area contributed by atoms with Gasteiger partial charge in [0, 0.05) is 50.5 Å². The zero-order chi connectivity index (χ0) is 25.5. The summed E-state index contributed by atoms with van der Waals surface area (Å²) < 4.78 is 12.0. The molecule has 3 N–H and O–H groups in total. The second-order valence-corrected chi connectivity index (χ2v) is 10.8. The summed E-state index contributed by atoms with van der Waals surface area (Å²) in [5, 5.41) is 7.71. The molecule has 2 fully saturated rings. The SMILES string of the molecule is O=c1[nH]c(N2CCN(c3ccc4c(c3)OCO4)CC2)nc(NC2CCCNC2)c1-c1nc2ccccc2s1. The Kier molecular flexibility index (Phi) is 6.01. The number of para-hydroxylation sites is 1. The maximum Gasteiger partial charge on any atom is 0.264 e. The van der Waals surface area contributed by atoms with Gasteiger partial charge in [0.25, 0.3) is 5.56 Å². The molecule has 0 aliphatic carbocycles. The molecule has 0 amide bonds. The Morgan fingerprint density at radius 2 is 1.84 bits per heavy atom. The summed E-state index contributed by atoms with van der Waals surface area (Å²) in [7, 11) is 0. The molecule has 0 radical (unpaired) electrons. The molecule has 38 heavy (non-hydrogen) atoms. The van der Waals surface area contributed by atoms with Crippen LogP contribution >= 0.6 is 11.3 Å². The van der Waals surface area contributed by atoms with Crippen molar-refractivity contribution in [3.8, 4) is 22.1 Å². The number of benzene rings is 2. The number of rotatable bonds is 5. The van der Waals surface area contributed by atoms with E-state index in [9.17, 15) is 4.79 Å². The van der Waals surface area contributed by atoms with Crippen LogP contribution < -0.4 is 35.5 Å². The van der Waals surface area contributed by atoms with Crippen LogP contribution in [0.3, 0.4) is 0 Å². The second-order valence-electron chi connectivity index (χ2n) is 9.80. The van der Waals surface area contributed by atoms with Crippen LogP contribution in [-0.4, -0.2) is 67.1 Å². The van der Waals surface area contributed by atoms with E-state index in [0.29, 0.717) is 22.3 Å². The molecule has 1 atom stereocenters. The first-order chi connectivity index (χ1) is 18.7. The third-order valence-electron chi connectivity index (χ3n) is 7.35. The van der Waals surface area contributed by atoms with Gasteiger partial charge in [-0.3, -0.25) is 9.78 Å². The van der Waals surface area contributed by atoms with E-state index in [2.05, 4.69) is 31.5 Å². The first-order valence-electron chi connectivity index (χ1n) is 13.1. The molecule has 3 aliphatic heterocycles. The Hall–Kier alpha value is -3.83. The second kappa shape index (κ2) is 9.80. The monoisotopic (exact) mass is 531 g/mol. The topological polar surface area (TPSA) is 108 Å². The van der Waals surface area contributed by atoms with Crippen LogP contribution in [0.2, 0.25) is 0 Å². The van der Waals surface area contributed by atoms with Gasteiger partial charge in [0.05, 0.1) is 10.2 Å². The molecule has 1 unspecified atom stereocenters. The predicted octanol–water partition coefficient (Wildman–Crippen LogP) is 3.27. The minimum atomic E-state index is -0.168. The summed E-state index contributed by atoms with van der Waals surface area (Å²) in [6, 6.07) is 14.2. The number of piperazine rings is 1. The Morgan fingerprint density at radius 3 is 2.68 bits per heavy atom. The highest BCUT2D eigenvalue weighted by molar-refractivity contribution is 7.21. The lowest BCUT2D eigenvalue weighted by Crippen LogP contribution is -2.47. The van der Waals surface area contributed by atoms with Gasteiger partial charge in [0.1, 0.15) is 16.4 Å². The first kappa shape index (κ1) is 23.3. The van der Waals surface area contributed by atoms with Crippen LogP contribution in [0.15, 0.2) is 47.3 Å². The van der Waals surface area contributed by atoms with E-state index in [-0.39, 0.29) is 18.4 Å². The number of ether oxygens (including phenoxy) is 2. The summed E-state index contributed by atoms with van der Waals surface area (Å²) in [4.78, 5) is 30.9. The van der Waals surface area contributed by atoms with Crippen molar-refractivity contribution in [2.45, 2.75) is 18.9 Å². The van der Waals surface area contributed by atoms with Gasteiger partial charge in [-0.15, -0.1) is 11.3 Å². The fraction of sp³-hybridized carbons (Fsp3) is 0.370. The molecule has 2 saturated heterocycles. The van der Waals surface area contributed by atoms with Crippen molar-refractivity contribution >= 4 is 39.0 Å². The van der Waals surface area contributed by atoms with Gasteiger partial charge < -0.3 is 29.9 Å². The number of nitrogens with one attached hydrogen (secondary N) is 3. The van der Waals surface area contributed by atoms with Crippen molar-refractivity contribution in [1.82, 2.24) is 20.3 Å². The minimum absolute atomic E-state index is 0.168. The molecule has 2 aromatic carbocycles. The third kappa shape index (κ3) is 4.41. The van der Waals surface area contributed by atoms with Crippen LogP contribution in [-0.2, 0) is 0 Å². The zero-order valence-electron chi connectivity index (χ0n) is 20.9. The first-order valence-corrected chi connectivity index (χ1v) is 13.9. The van der Waals surface area contributed by atoms with Crippen molar-refractivity contribution in [3.05, 3.63) is 52.8 Å². The number of hydrogen-bond donors (Lipinski definition) is 3. The summed E-state index contributed by atoms with van der Waals surface area (Å²) in [6.45, 7) is 5.22. The van der Waals surface area contributed by atoms with E-state index in [1.807, 2.05) is 36.4 Å². The predicted molar refractivity (Wildman–Crippen MR) is 150 cm³/mol. The molecular formula is C27H29N7O3S. The van der Waals surface area contributed by atoms with Gasteiger partial charge in [-0.05, 0) is 43.7 Å². The van der Waals surface area contributed by atoms with E-state index in [1.54, 1.807) is 0 Å². The van der Waals surface area contributed by atoms with E-state index in [0.717, 1.165) is 79.5 Å². The lowest BCUT2D eigenvalue weighted by molar-refractivity contribution is 0.174. The largest absolute Gasteiger partial charge is 0.454 e. The summed E-state index contributed by atoms with van der Waals surface area (Å²) >= 11 is 1.52. The molecule has 7 rings (SSSR count). The average Bonchev–Trinajstić information content (AvgIpc) is 3.60. The number of nitrogens with zero attached hydrogens (tertiary/aromatic N) is 4. The quantitative estimate of drug-likeness (QED) is 0.358. The molecule has 5 heterocycles. The Labute approximate surface area is 223 Å². The third-order valence-corrected chi connectivity index (χ3v) is 8.41. The molecule has 11 heteroatoms. The fourth-order valence-electron chi connectivity index (χ4n) is 5.32. The lowest BCUT2D eigenvalue weighted by atomic mass is 10.1. The van der Waals surface area contributed by atoms with Crippen molar-refractivity contribution in [2.24, 2.45) is 0 Å². The standard InChI is InChI=1S/C27H29N7O3S/c35-25-23(26-30-19-5-1-2-6-22(19)38-26)24(29-17-4-3-9-28-15-17)31-27(32-25)34-12-10-33(11-13-34)18-7-8-20-21(14-18)37-16-36-20/h1-2,5-8,14,17,28H,3-4,9-13,15-16H2,(H2,29,31,32,35). The minimum Gasteiger partial charge on any atom is -0.454 e. The Bertz CT molecular complexity index is 1490. The normalized spacial score (nSPS) is 19.2. The molecule has 0 bridgehead atoms. The van der Waals surface area contributed by atoms with Crippen LogP contribution in [0.4, 0.5) is 17.5 Å². The van der Waals surface area contributed by atoms with Crippen molar-refractivity contribution < 1.29 is 9.47 Å². The number of H-pyrrole nitrogens is 1. The summed E-state index contributed by atoms with van der Waals surface area (Å²) in [5.41, 5.74) is 2.34. The highest BCUT2D eigenvalue weighted by Gasteiger charge is 2.25. The Morgan fingerprint density at radius 1 is 1.00 bits per heavy atom. The van der Waals surface area contributed by atoms with E-state index in [1.165, 1.54) is 11.3 Å². The van der Waals surface area contributed by atoms with Gasteiger partial charge in [0.15, 0.2) is 11.5 Å². The van der Waals surface area contributed by atoms with Crippen molar-refractivity contribution in [1.29, 1.82) is 0 Å². The lowest BCUT2D eigenvalue weighted by Gasteiger charge is -2.36. The van der Waals surface area contributed by atoms with Crippen LogP contribution in [0.5, 0.6) is 11.5 Å². The number of aromatic amines is 1. The highest BCUT2D eigenvalue weighted by atomic mass is 32.1. The number of hydrogen-bond acceptors (Lipinski definition) is 10. The van der Waals surface area contributed by atoms with Crippen LogP contribution in [0.1, 0.15) is 12.8 Å². The molecule has 2 aromatic heterocycles. The van der Waals surface area contributed by atoms with E-state index >= 15 is 0 Å². The zero-order valence-corrected chi connectivity index (χ0v) is 21.7. The Balaban J connectivity index is 1.17. The number of fused-ring (bicyclic) bond motifs is 2. The average molecular weight is 532 g/mol. The maximum atomic E-state index is 13.6. The van der Waals surface area contributed by atoms with Crippen LogP contribution in [0, 0.1) is 0 Å². The summed E-state index contributed by atoms with van der Waals surface area (Å²) in [6.07, 6.45) is 2.12. The van der Waals surface area contributed by atoms with Gasteiger partial charge in [-0.2, -0.15) is 4.98 Å². The number of aromatic nitrogens is 3. The van der Waals surface area contributed by atoms with Crippen molar-refractivity contribution in [2.75, 3.05) is 61.2 Å². The van der Waals surface area contributed by atoms with E-state index in [4.69, 9.17) is 19.4 Å². The smallest absolute Gasteiger partial charge is 0.264 e. The summed E-state index contributed by atoms with van der Waals surface area (Å²) in [5.74, 6) is 2.77. The molecule has 10 nitrogen and oxygen atoms in total. The van der Waals surface area contributed by atoms with Gasteiger partial charge >= 0.3 is 0 Å². The molecule has 0 saturated carbocycles. The van der Waals surface area contributed by atoms with E-state index < -0.39 is 0 Å². The molecule has 196 valence electrons. The molecule has 0 spiro atoms. The van der Waals surface area contributed by atoms with Gasteiger partial charge in [-0.25, -0.2) is 4.98 Å². The fourth-order valence-corrected chi connectivity index (χ4v) is 6.33. The van der Waals surface area contributed by atoms with Gasteiger partial charge in [-0.1, -0.05) is 12.1 Å². The number of anilines is 3. The molecule has 4 aromatic rings.